The Morgan fingerprint density at radius 3 is 2.79 bits per heavy atom. The van der Waals surface area contributed by atoms with Crippen LogP contribution in [0.3, 0.4) is 0 Å². The quantitative estimate of drug-likeness (QED) is 0.493. The van der Waals surface area contributed by atoms with E-state index in [-0.39, 0.29) is 0 Å². The van der Waals surface area contributed by atoms with E-state index in [2.05, 4.69) is 5.32 Å². The first kappa shape index (κ1) is 13.9. The van der Waals surface area contributed by atoms with Crippen molar-refractivity contribution in [3.05, 3.63) is 54.0 Å². The summed E-state index contributed by atoms with van der Waals surface area (Å²) in [6, 6.07) is 5.03. The second-order valence-electron chi connectivity index (χ2n) is 3.48. The van der Waals surface area contributed by atoms with E-state index in [9.17, 15) is 19.3 Å². The van der Waals surface area contributed by atoms with Crippen molar-refractivity contribution in [1.82, 2.24) is 0 Å². The Hall–Kier alpha value is -1.55. The smallest absolute Gasteiger partial charge is 0.295 e. The van der Waals surface area contributed by atoms with E-state index in [1.807, 2.05) is 22.6 Å². The summed E-state index contributed by atoms with van der Waals surface area (Å²) in [5.41, 5.74) is -0.552. The van der Waals surface area contributed by atoms with E-state index < -0.39 is 28.0 Å². The third-order valence-corrected chi connectivity index (χ3v) is 4.05. The molecule has 0 fully saturated rings. The number of hydrogen-bond donors (Lipinski definition) is 1. The van der Waals surface area contributed by atoms with Crippen LogP contribution in [-0.4, -0.2) is 10.8 Å². The number of benzene rings is 1. The average Bonchev–Trinajstić information content (AvgIpc) is 2.78. The third kappa shape index (κ3) is 3.07. The van der Waals surface area contributed by atoms with Crippen LogP contribution in [0.15, 0.2) is 29.6 Å². The van der Waals surface area contributed by atoms with Gasteiger partial charge in [-0.15, -0.1) is 11.3 Å². The number of thiophene rings is 1. The van der Waals surface area contributed by atoms with E-state index in [0.717, 1.165) is 15.0 Å². The fourth-order valence-corrected chi connectivity index (χ4v) is 2.73. The van der Waals surface area contributed by atoms with E-state index in [1.54, 1.807) is 11.4 Å². The Kier molecular flexibility index (Phi) is 4.10. The molecule has 0 saturated heterocycles. The van der Waals surface area contributed by atoms with Crippen molar-refractivity contribution < 1.29 is 14.1 Å². The van der Waals surface area contributed by atoms with Gasteiger partial charge in [-0.3, -0.25) is 14.9 Å². The van der Waals surface area contributed by atoms with E-state index in [4.69, 9.17) is 0 Å². The van der Waals surface area contributed by atoms with Crippen LogP contribution in [0.4, 0.5) is 15.8 Å². The van der Waals surface area contributed by atoms with Gasteiger partial charge in [0.15, 0.2) is 11.5 Å². The number of nitro benzene ring substituents is 1. The molecule has 0 atom stereocenters. The van der Waals surface area contributed by atoms with Crippen molar-refractivity contribution in [2.24, 2.45) is 0 Å². The Bertz CT molecular complexity index is 659. The average molecular weight is 392 g/mol. The molecule has 1 amide bonds. The van der Waals surface area contributed by atoms with Gasteiger partial charge in [0, 0.05) is 11.4 Å². The molecule has 2 rings (SSSR count). The largest absolute Gasteiger partial charge is 0.314 e. The number of para-hydroxylation sites is 1. The van der Waals surface area contributed by atoms with E-state index in [0.29, 0.717) is 5.56 Å². The number of nitro groups is 1. The summed E-state index contributed by atoms with van der Waals surface area (Å²) in [4.78, 5) is 21.9. The Morgan fingerprint density at radius 2 is 2.21 bits per heavy atom. The van der Waals surface area contributed by atoms with Crippen molar-refractivity contribution in [1.29, 1.82) is 0 Å². The van der Waals surface area contributed by atoms with Gasteiger partial charge >= 0.3 is 0 Å². The number of halogens is 2. The van der Waals surface area contributed by atoms with Crippen LogP contribution in [0, 0.1) is 18.8 Å². The van der Waals surface area contributed by atoms with E-state index in [1.165, 1.54) is 17.4 Å². The molecule has 1 heterocycles. The lowest BCUT2D eigenvalue weighted by Crippen LogP contribution is -2.13. The van der Waals surface area contributed by atoms with Crippen LogP contribution in [0.1, 0.15) is 10.4 Å². The molecule has 0 spiro atoms. The maximum atomic E-state index is 13.6. The molecule has 19 heavy (non-hydrogen) atoms. The van der Waals surface area contributed by atoms with Gasteiger partial charge in [-0.2, -0.15) is 0 Å². The molecule has 2 aromatic rings. The summed E-state index contributed by atoms with van der Waals surface area (Å²) in [7, 11) is 0. The van der Waals surface area contributed by atoms with Crippen LogP contribution >= 0.6 is 33.9 Å². The number of carbonyl (C=O) groups excluding carboxylic acids is 1. The topological polar surface area (TPSA) is 72.2 Å². The minimum atomic E-state index is -0.840. The van der Waals surface area contributed by atoms with Gasteiger partial charge in [0.25, 0.3) is 11.6 Å². The molecule has 0 saturated carbocycles. The Morgan fingerprint density at radius 1 is 1.47 bits per heavy atom. The Balaban J connectivity index is 2.33. The van der Waals surface area contributed by atoms with Crippen molar-refractivity contribution in [3.8, 4) is 0 Å². The van der Waals surface area contributed by atoms with Gasteiger partial charge in [-0.25, -0.2) is 4.39 Å². The highest BCUT2D eigenvalue weighted by Crippen LogP contribution is 2.28. The highest BCUT2D eigenvalue weighted by atomic mass is 127. The Labute approximate surface area is 124 Å². The molecule has 0 radical (unpaired) electrons. The lowest BCUT2D eigenvalue weighted by atomic mass is 10.2. The number of nitrogens with one attached hydrogen (secondary N) is 1. The summed E-state index contributed by atoms with van der Waals surface area (Å²) in [6.07, 6.45) is 0. The molecule has 8 heteroatoms. The molecule has 0 aliphatic rings. The van der Waals surface area contributed by atoms with Crippen molar-refractivity contribution >= 4 is 51.2 Å². The summed E-state index contributed by atoms with van der Waals surface area (Å²) >= 11 is 3.40. The van der Waals surface area contributed by atoms with Crippen LogP contribution in [0.5, 0.6) is 0 Å². The fraction of sp³-hybridized carbons (Fsp3) is 0. The number of nitrogens with zero attached hydrogens (tertiary/aromatic N) is 1. The number of anilines is 1. The summed E-state index contributed by atoms with van der Waals surface area (Å²) in [6.45, 7) is 0. The highest BCUT2D eigenvalue weighted by Gasteiger charge is 2.20. The van der Waals surface area contributed by atoms with Crippen LogP contribution in [0.25, 0.3) is 0 Å². The first-order chi connectivity index (χ1) is 8.99. The third-order valence-electron chi connectivity index (χ3n) is 2.26. The molecule has 0 bridgehead atoms. The molecule has 5 nitrogen and oxygen atoms in total. The van der Waals surface area contributed by atoms with E-state index >= 15 is 0 Å². The normalized spacial score (nSPS) is 10.2. The summed E-state index contributed by atoms with van der Waals surface area (Å²) in [5, 5.41) is 14.6. The first-order valence-electron chi connectivity index (χ1n) is 4.97. The van der Waals surface area contributed by atoms with Crippen molar-refractivity contribution in [2.45, 2.75) is 0 Å². The zero-order valence-electron chi connectivity index (χ0n) is 9.22. The number of rotatable bonds is 3. The van der Waals surface area contributed by atoms with Gasteiger partial charge in [-0.1, -0.05) is 6.07 Å². The minimum absolute atomic E-state index is 0.340. The first-order valence-corrected chi connectivity index (χ1v) is 6.93. The zero-order chi connectivity index (χ0) is 14.0. The van der Waals surface area contributed by atoms with Crippen molar-refractivity contribution in [2.75, 3.05) is 5.32 Å². The standard InChI is InChI=1S/C11H6FIN2O3S/c12-7-2-1-3-8(15(17)18)10(7)14-11(16)6-4-9(13)19-5-6/h1-5H,(H,14,16). The predicted octanol–water partition coefficient (Wildman–Crippen LogP) is 3.65. The number of amides is 1. The fourth-order valence-electron chi connectivity index (χ4n) is 1.40. The second-order valence-corrected chi connectivity index (χ2v) is 6.29. The van der Waals surface area contributed by atoms with Gasteiger partial charge in [0.05, 0.1) is 13.4 Å². The maximum Gasteiger partial charge on any atom is 0.295 e. The molecular formula is C11H6FIN2O3S. The van der Waals surface area contributed by atoms with Gasteiger partial charge in [-0.05, 0) is 34.7 Å². The van der Waals surface area contributed by atoms with Crippen molar-refractivity contribution in [3.63, 3.8) is 0 Å². The minimum Gasteiger partial charge on any atom is -0.314 e. The molecule has 98 valence electrons. The molecule has 1 N–H and O–H groups in total. The monoisotopic (exact) mass is 392 g/mol. The van der Waals surface area contributed by atoms with Crippen LogP contribution in [0.2, 0.25) is 0 Å². The van der Waals surface area contributed by atoms with Gasteiger partial charge in [0.2, 0.25) is 0 Å². The number of carbonyl (C=O) groups is 1. The lowest BCUT2D eigenvalue weighted by molar-refractivity contribution is -0.384. The molecule has 1 aromatic heterocycles. The van der Waals surface area contributed by atoms with Crippen LogP contribution < -0.4 is 5.32 Å². The zero-order valence-corrected chi connectivity index (χ0v) is 12.2. The lowest BCUT2D eigenvalue weighted by Gasteiger charge is -2.05. The summed E-state index contributed by atoms with van der Waals surface area (Å²) < 4.78 is 14.5. The maximum absolute atomic E-state index is 13.6. The summed E-state index contributed by atoms with van der Waals surface area (Å²) in [5.74, 6) is -1.42. The van der Waals surface area contributed by atoms with Crippen LogP contribution in [-0.2, 0) is 0 Å². The van der Waals surface area contributed by atoms with Gasteiger partial charge < -0.3 is 5.32 Å². The predicted molar refractivity (Wildman–Crippen MR) is 78.0 cm³/mol. The number of hydrogen-bond acceptors (Lipinski definition) is 4. The molecule has 1 aromatic carbocycles. The molecule has 0 aliphatic carbocycles. The molecular weight excluding hydrogens is 386 g/mol. The molecule has 0 aliphatic heterocycles. The SMILES string of the molecule is O=C(Nc1c(F)cccc1[N+](=O)[O-])c1csc(I)c1. The molecule has 0 unspecified atom stereocenters. The van der Waals surface area contributed by atoms with Gasteiger partial charge in [0.1, 0.15) is 0 Å². The highest BCUT2D eigenvalue weighted by molar-refractivity contribution is 14.1. The second kappa shape index (κ2) is 5.61.